The monoisotopic (exact) mass is 265 g/mol. The van der Waals surface area contributed by atoms with Gasteiger partial charge in [0.1, 0.15) is 0 Å². The highest BCUT2D eigenvalue weighted by Gasteiger charge is 2.23. The summed E-state index contributed by atoms with van der Waals surface area (Å²) in [6.07, 6.45) is 0.361. The van der Waals surface area contributed by atoms with Crippen molar-refractivity contribution in [1.29, 1.82) is 0 Å². The van der Waals surface area contributed by atoms with Gasteiger partial charge in [0, 0.05) is 18.5 Å². The summed E-state index contributed by atoms with van der Waals surface area (Å²) in [5, 5.41) is 13.3. The van der Waals surface area contributed by atoms with Crippen LogP contribution in [0.25, 0.3) is 0 Å². The highest BCUT2D eigenvalue weighted by Crippen LogP contribution is 2.41. The smallest absolute Gasteiger partial charge is 0.164 e. The molecule has 0 radical (unpaired) electrons. The average Bonchev–Trinajstić information content (AvgIpc) is 2.62. The molecule has 4 nitrogen and oxygen atoms in total. The van der Waals surface area contributed by atoms with Crippen LogP contribution < -0.4 is 14.8 Å². The Balaban J connectivity index is 2.47. The van der Waals surface area contributed by atoms with Crippen molar-refractivity contribution in [3.8, 4) is 11.5 Å². The third-order valence-corrected chi connectivity index (χ3v) is 3.32. The minimum absolute atomic E-state index is 0.276. The molecule has 4 heteroatoms. The number of fused-ring (bicyclic) bond motifs is 1. The van der Waals surface area contributed by atoms with Gasteiger partial charge in [0.2, 0.25) is 0 Å². The minimum Gasteiger partial charge on any atom is -0.490 e. The van der Waals surface area contributed by atoms with Gasteiger partial charge in [-0.2, -0.15) is 0 Å². The van der Waals surface area contributed by atoms with E-state index >= 15 is 0 Å². The van der Waals surface area contributed by atoms with Crippen LogP contribution in [0.3, 0.4) is 0 Å². The van der Waals surface area contributed by atoms with Gasteiger partial charge in [0.15, 0.2) is 11.5 Å². The SMILES string of the molecule is CNCC(O)c1ccc2c(c1C(C)C)OCCCO2. The van der Waals surface area contributed by atoms with Gasteiger partial charge < -0.3 is 19.9 Å². The van der Waals surface area contributed by atoms with Crippen LogP contribution in [0.4, 0.5) is 0 Å². The largest absolute Gasteiger partial charge is 0.490 e. The van der Waals surface area contributed by atoms with Crippen molar-refractivity contribution in [2.45, 2.75) is 32.3 Å². The Morgan fingerprint density at radius 3 is 2.68 bits per heavy atom. The van der Waals surface area contributed by atoms with Crippen molar-refractivity contribution < 1.29 is 14.6 Å². The first-order valence-electron chi connectivity index (χ1n) is 6.90. The molecule has 1 aromatic rings. The summed E-state index contributed by atoms with van der Waals surface area (Å²) in [6, 6.07) is 3.85. The summed E-state index contributed by atoms with van der Waals surface area (Å²) in [6.45, 7) is 6.10. The lowest BCUT2D eigenvalue weighted by atomic mass is 9.92. The predicted molar refractivity (Wildman–Crippen MR) is 75.0 cm³/mol. The van der Waals surface area contributed by atoms with E-state index in [1.165, 1.54) is 0 Å². The van der Waals surface area contributed by atoms with E-state index < -0.39 is 6.10 Å². The lowest BCUT2D eigenvalue weighted by Gasteiger charge is -2.22. The van der Waals surface area contributed by atoms with Gasteiger partial charge in [0.25, 0.3) is 0 Å². The molecule has 0 aliphatic carbocycles. The fourth-order valence-corrected chi connectivity index (χ4v) is 2.46. The number of aliphatic hydroxyl groups excluding tert-OH is 1. The van der Waals surface area contributed by atoms with Crippen LogP contribution in [0.15, 0.2) is 12.1 Å². The quantitative estimate of drug-likeness (QED) is 0.876. The first-order valence-corrected chi connectivity index (χ1v) is 6.90. The second-order valence-corrected chi connectivity index (χ2v) is 5.17. The molecule has 1 heterocycles. The maximum Gasteiger partial charge on any atom is 0.164 e. The maximum atomic E-state index is 10.3. The molecule has 1 aromatic carbocycles. The Morgan fingerprint density at radius 2 is 2.00 bits per heavy atom. The Morgan fingerprint density at radius 1 is 1.26 bits per heavy atom. The summed E-state index contributed by atoms with van der Waals surface area (Å²) >= 11 is 0. The molecule has 2 N–H and O–H groups in total. The topological polar surface area (TPSA) is 50.7 Å². The lowest BCUT2D eigenvalue weighted by molar-refractivity contribution is 0.175. The molecule has 0 saturated carbocycles. The Kier molecular flexibility index (Phi) is 4.66. The van der Waals surface area contributed by atoms with Crippen LogP contribution in [0.5, 0.6) is 11.5 Å². The molecule has 0 fully saturated rings. The van der Waals surface area contributed by atoms with Gasteiger partial charge in [-0.15, -0.1) is 0 Å². The predicted octanol–water partition coefficient (Wildman–Crippen LogP) is 2.22. The Hall–Kier alpha value is -1.26. The average molecular weight is 265 g/mol. The van der Waals surface area contributed by atoms with Crippen LogP contribution in [0.1, 0.15) is 43.4 Å². The number of ether oxygens (including phenoxy) is 2. The summed E-state index contributed by atoms with van der Waals surface area (Å²) in [5.41, 5.74) is 1.98. The number of aliphatic hydroxyl groups is 1. The lowest BCUT2D eigenvalue weighted by Crippen LogP contribution is -2.18. The molecule has 0 bridgehead atoms. The summed E-state index contributed by atoms with van der Waals surface area (Å²) in [7, 11) is 1.83. The van der Waals surface area contributed by atoms with Crippen molar-refractivity contribution in [2.24, 2.45) is 0 Å². The summed E-state index contributed by atoms with van der Waals surface area (Å²) < 4.78 is 11.6. The molecule has 1 unspecified atom stereocenters. The van der Waals surface area contributed by atoms with E-state index in [1.807, 2.05) is 19.2 Å². The molecule has 1 aliphatic heterocycles. The van der Waals surface area contributed by atoms with Gasteiger partial charge in [-0.05, 0) is 24.6 Å². The van der Waals surface area contributed by atoms with Crippen molar-refractivity contribution in [2.75, 3.05) is 26.8 Å². The fourth-order valence-electron chi connectivity index (χ4n) is 2.46. The van der Waals surface area contributed by atoms with Crippen LogP contribution >= 0.6 is 0 Å². The van der Waals surface area contributed by atoms with Gasteiger partial charge in [-0.25, -0.2) is 0 Å². The van der Waals surface area contributed by atoms with Gasteiger partial charge in [-0.1, -0.05) is 19.9 Å². The number of nitrogens with one attached hydrogen (secondary N) is 1. The molecular weight excluding hydrogens is 242 g/mol. The molecule has 0 aromatic heterocycles. The van der Waals surface area contributed by atoms with Crippen molar-refractivity contribution in [3.05, 3.63) is 23.3 Å². The molecule has 1 aliphatic rings. The van der Waals surface area contributed by atoms with E-state index in [2.05, 4.69) is 19.2 Å². The van der Waals surface area contributed by atoms with Crippen LogP contribution in [-0.2, 0) is 0 Å². The van der Waals surface area contributed by atoms with E-state index in [0.717, 1.165) is 29.0 Å². The standard InChI is InChI=1S/C15H23NO3/c1-10(2)14-11(12(17)9-16-3)5-6-13-15(14)19-8-4-7-18-13/h5-6,10,12,16-17H,4,7-9H2,1-3H3. The molecule has 2 rings (SSSR count). The maximum absolute atomic E-state index is 10.3. The number of rotatable bonds is 4. The second kappa shape index (κ2) is 6.26. The van der Waals surface area contributed by atoms with Crippen molar-refractivity contribution >= 4 is 0 Å². The van der Waals surface area contributed by atoms with Crippen LogP contribution in [0, 0.1) is 0 Å². The van der Waals surface area contributed by atoms with E-state index in [4.69, 9.17) is 9.47 Å². The van der Waals surface area contributed by atoms with Crippen LogP contribution in [-0.4, -0.2) is 31.9 Å². The zero-order valence-electron chi connectivity index (χ0n) is 11.9. The third kappa shape index (κ3) is 3.01. The number of hydrogen-bond donors (Lipinski definition) is 2. The van der Waals surface area contributed by atoms with E-state index in [1.54, 1.807) is 0 Å². The van der Waals surface area contributed by atoms with Gasteiger partial charge in [0.05, 0.1) is 19.3 Å². The summed E-state index contributed by atoms with van der Waals surface area (Å²) in [5.74, 6) is 1.87. The van der Waals surface area contributed by atoms with Crippen LogP contribution in [0.2, 0.25) is 0 Å². The highest BCUT2D eigenvalue weighted by molar-refractivity contribution is 5.53. The van der Waals surface area contributed by atoms with E-state index in [9.17, 15) is 5.11 Å². The number of hydrogen-bond acceptors (Lipinski definition) is 4. The Labute approximate surface area is 114 Å². The van der Waals surface area contributed by atoms with Crippen molar-refractivity contribution in [1.82, 2.24) is 5.32 Å². The zero-order valence-corrected chi connectivity index (χ0v) is 11.9. The first kappa shape index (κ1) is 14.2. The molecule has 0 amide bonds. The van der Waals surface area contributed by atoms with E-state index in [0.29, 0.717) is 19.8 Å². The molecule has 0 saturated heterocycles. The normalized spacial score (nSPS) is 16.3. The summed E-state index contributed by atoms with van der Waals surface area (Å²) in [4.78, 5) is 0. The highest BCUT2D eigenvalue weighted by atomic mass is 16.5. The molecular formula is C15H23NO3. The van der Waals surface area contributed by atoms with Gasteiger partial charge >= 0.3 is 0 Å². The number of benzene rings is 1. The van der Waals surface area contributed by atoms with Crippen molar-refractivity contribution in [3.63, 3.8) is 0 Å². The van der Waals surface area contributed by atoms with E-state index in [-0.39, 0.29) is 5.92 Å². The second-order valence-electron chi connectivity index (χ2n) is 5.17. The number of likely N-dealkylation sites (N-methyl/N-ethyl adjacent to an activating group) is 1. The molecule has 1 atom stereocenters. The van der Waals surface area contributed by atoms with Gasteiger partial charge in [-0.3, -0.25) is 0 Å². The first-order chi connectivity index (χ1) is 9.15. The zero-order chi connectivity index (χ0) is 13.8. The molecule has 106 valence electrons. The fraction of sp³-hybridized carbons (Fsp3) is 0.600. The third-order valence-electron chi connectivity index (χ3n) is 3.32. The molecule has 0 spiro atoms. The minimum atomic E-state index is -0.528. The Bertz CT molecular complexity index is 432. The molecule has 19 heavy (non-hydrogen) atoms.